The lowest BCUT2D eigenvalue weighted by Gasteiger charge is -2.38. The van der Waals surface area contributed by atoms with Crippen LogP contribution in [0.1, 0.15) is 25.8 Å². The third kappa shape index (κ3) is 4.02. The molecule has 0 fully saturated rings. The van der Waals surface area contributed by atoms with Gasteiger partial charge in [0.15, 0.2) is 11.0 Å². The zero-order chi connectivity index (χ0) is 22.3. The molecule has 5 nitrogen and oxygen atoms in total. The predicted molar refractivity (Wildman–Crippen MR) is 103 cm³/mol. The molecule has 9 heteroatoms. The summed E-state index contributed by atoms with van der Waals surface area (Å²) in [7, 11) is 0. The van der Waals surface area contributed by atoms with E-state index in [2.05, 4.69) is 4.98 Å². The van der Waals surface area contributed by atoms with E-state index in [-0.39, 0.29) is 22.3 Å². The standard InChI is InChI=1S/C21H20F4N2O3/c1-19(2,15-10-13(22)5-6-17(15)29)11-20(30,21(23,24)25)12-27-9-7-16(28)14-4-3-8-26-18(14)27/h3-10,29-30H,11-12H2,1-2H3. The fraction of sp³-hybridized carbons (Fsp3) is 0.333. The van der Waals surface area contributed by atoms with Gasteiger partial charge in [0.1, 0.15) is 17.2 Å². The number of hydrogen-bond donors (Lipinski definition) is 2. The number of alkyl halides is 3. The van der Waals surface area contributed by atoms with Gasteiger partial charge < -0.3 is 14.8 Å². The molecule has 0 aliphatic heterocycles. The Hall–Kier alpha value is -2.94. The monoisotopic (exact) mass is 424 g/mol. The minimum absolute atomic E-state index is 0.000848. The molecule has 0 bridgehead atoms. The molecule has 0 amide bonds. The van der Waals surface area contributed by atoms with Crippen molar-refractivity contribution in [2.24, 2.45) is 0 Å². The van der Waals surface area contributed by atoms with Crippen molar-refractivity contribution in [3.05, 3.63) is 70.4 Å². The minimum atomic E-state index is -5.06. The SMILES string of the molecule is CC(C)(CC(O)(Cn1ccc(=O)c2cccnc21)C(F)(F)F)c1cc(F)ccc1O. The van der Waals surface area contributed by atoms with Gasteiger partial charge >= 0.3 is 6.18 Å². The summed E-state index contributed by atoms with van der Waals surface area (Å²) in [5.74, 6) is -1.09. The average Bonchev–Trinajstić information content (AvgIpc) is 2.65. The number of hydrogen-bond acceptors (Lipinski definition) is 4. The quantitative estimate of drug-likeness (QED) is 0.609. The van der Waals surface area contributed by atoms with Crippen LogP contribution >= 0.6 is 0 Å². The van der Waals surface area contributed by atoms with Crippen LogP contribution in [-0.2, 0) is 12.0 Å². The lowest BCUT2D eigenvalue weighted by Crippen LogP contribution is -2.52. The molecule has 0 saturated carbocycles. The Kier molecular flexibility index (Phi) is 5.36. The van der Waals surface area contributed by atoms with Gasteiger partial charge in [-0.05, 0) is 42.2 Å². The second-order valence-electron chi connectivity index (χ2n) is 7.93. The maximum absolute atomic E-state index is 14.0. The summed E-state index contributed by atoms with van der Waals surface area (Å²) < 4.78 is 56.8. The average molecular weight is 424 g/mol. The third-order valence-electron chi connectivity index (χ3n) is 5.11. The van der Waals surface area contributed by atoms with Gasteiger partial charge in [0.05, 0.1) is 11.9 Å². The van der Waals surface area contributed by atoms with E-state index in [1.807, 2.05) is 0 Å². The van der Waals surface area contributed by atoms with E-state index in [4.69, 9.17) is 0 Å². The Bertz CT molecular complexity index is 1140. The first-order valence-electron chi connectivity index (χ1n) is 9.06. The molecule has 3 rings (SSSR count). The Morgan fingerprint density at radius 3 is 2.50 bits per heavy atom. The van der Waals surface area contributed by atoms with Crippen LogP contribution in [0.2, 0.25) is 0 Å². The molecule has 2 heterocycles. The highest BCUT2D eigenvalue weighted by Crippen LogP contribution is 2.44. The van der Waals surface area contributed by atoms with Crippen LogP contribution in [0.4, 0.5) is 17.6 Å². The van der Waals surface area contributed by atoms with Gasteiger partial charge in [-0.15, -0.1) is 0 Å². The zero-order valence-corrected chi connectivity index (χ0v) is 16.2. The Morgan fingerprint density at radius 2 is 1.83 bits per heavy atom. The number of benzene rings is 1. The van der Waals surface area contributed by atoms with Crippen LogP contribution in [0.5, 0.6) is 5.75 Å². The van der Waals surface area contributed by atoms with Crippen molar-refractivity contribution in [2.75, 3.05) is 0 Å². The number of aromatic nitrogens is 2. The summed E-state index contributed by atoms with van der Waals surface area (Å²) in [5, 5.41) is 20.9. The van der Waals surface area contributed by atoms with Gasteiger partial charge in [-0.2, -0.15) is 13.2 Å². The molecule has 3 aromatic rings. The fourth-order valence-corrected chi connectivity index (χ4v) is 3.67. The highest BCUT2D eigenvalue weighted by atomic mass is 19.4. The Balaban J connectivity index is 2.07. The molecule has 2 N–H and O–H groups in total. The highest BCUT2D eigenvalue weighted by Gasteiger charge is 2.56. The first-order chi connectivity index (χ1) is 13.8. The summed E-state index contributed by atoms with van der Waals surface area (Å²) in [6.45, 7) is 1.81. The number of phenols is 1. The minimum Gasteiger partial charge on any atom is -0.508 e. The zero-order valence-electron chi connectivity index (χ0n) is 16.2. The van der Waals surface area contributed by atoms with E-state index in [9.17, 15) is 32.6 Å². The number of nitrogens with zero attached hydrogens (tertiary/aromatic N) is 2. The molecule has 0 saturated heterocycles. The predicted octanol–water partition coefficient (Wildman–Crippen LogP) is 3.90. The number of rotatable bonds is 5. The Labute approximate surface area is 169 Å². The lowest BCUT2D eigenvalue weighted by atomic mass is 9.74. The molecule has 0 aliphatic rings. The highest BCUT2D eigenvalue weighted by molar-refractivity contribution is 5.74. The number of aromatic hydroxyl groups is 1. The summed E-state index contributed by atoms with van der Waals surface area (Å²) in [6.07, 6.45) is -3.46. The molecular weight excluding hydrogens is 404 g/mol. The van der Waals surface area contributed by atoms with Crippen LogP contribution in [0, 0.1) is 5.82 Å². The second kappa shape index (κ2) is 7.39. The van der Waals surface area contributed by atoms with E-state index in [1.165, 1.54) is 32.2 Å². The molecule has 160 valence electrons. The normalized spacial score (nSPS) is 14.6. The van der Waals surface area contributed by atoms with Gasteiger partial charge in [-0.1, -0.05) is 13.8 Å². The van der Waals surface area contributed by atoms with Crippen LogP contribution < -0.4 is 5.43 Å². The van der Waals surface area contributed by atoms with Crippen molar-refractivity contribution in [2.45, 2.75) is 44.0 Å². The van der Waals surface area contributed by atoms with Crippen molar-refractivity contribution in [3.8, 4) is 5.75 Å². The van der Waals surface area contributed by atoms with Gasteiger partial charge in [-0.3, -0.25) is 4.79 Å². The van der Waals surface area contributed by atoms with Gasteiger partial charge in [0.25, 0.3) is 0 Å². The van der Waals surface area contributed by atoms with Crippen molar-refractivity contribution in [1.29, 1.82) is 0 Å². The molecule has 0 spiro atoms. The molecule has 0 radical (unpaired) electrons. The van der Waals surface area contributed by atoms with Gasteiger partial charge in [0, 0.05) is 24.0 Å². The number of phenolic OH excluding ortho intramolecular Hbond substituents is 1. The van der Waals surface area contributed by atoms with Crippen LogP contribution in [0.3, 0.4) is 0 Å². The molecule has 1 unspecified atom stereocenters. The molecular formula is C21H20F4N2O3. The molecule has 0 aliphatic carbocycles. The largest absolute Gasteiger partial charge is 0.508 e. The maximum atomic E-state index is 14.0. The third-order valence-corrected chi connectivity index (χ3v) is 5.11. The topological polar surface area (TPSA) is 75.4 Å². The van der Waals surface area contributed by atoms with E-state index >= 15 is 0 Å². The van der Waals surface area contributed by atoms with Crippen molar-refractivity contribution >= 4 is 11.0 Å². The number of halogens is 4. The van der Waals surface area contributed by atoms with Crippen LogP contribution in [0.15, 0.2) is 53.6 Å². The van der Waals surface area contributed by atoms with E-state index < -0.39 is 41.4 Å². The number of aliphatic hydroxyl groups is 1. The lowest BCUT2D eigenvalue weighted by molar-refractivity contribution is -0.271. The number of pyridine rings is 2. The van der Waals surface area contributed by atoms with E-state index in [0.29, 0.717) is 0 Å². The molecule has 2 aromatic heterocycles. The first-order valence-corrected chi connectivity index (χ1v) is 9.06. The van der Waals surface area contributed by atoms with Crippen LogP contribution in [-0.4, -0.2) is 31.5 Å². The van der Waals surface area contributed by atoms with Gasteiger partial charge in [-0.25, -0.2) is 9.37 Å². The smallest absolute Gasteiger partial charge is 0.418 e. The van der Waals surface area contributed by atoms with E-state index in [0.717, 1.165) is 35.0 Å². The first kappa shape index (κ1) is 21.8. The van der Waals surface area contributed by atoms with Crippen molar-refractivity contribution < 1.29 is 27.8 Å². The van der Waals surface area contributed by atoms with Crippen molar-refractivity contribution in [1.82, 2.24) is 9.55 Å². The van der Waals surface area contributed by atoms with E-state index in [1.54, 1.807) is 0 Å². The van der Waals surface area contributed by atoms with Gasteiger partial charge in [0.2, 0.25) is 0 Å². The fourth-order valence-electron chi connectivity index (χ4n) is 3.67. The second-order valence-corrected chi connectivity index (χ2v) is 7.93. The maximum Gasteiger partial charge on any atom is 0.418 e. The Morgan fingerprint density at radius 1 is 1.13 bits per heavy atom. The van der Waals surface area contributed by atoms with Crippen LogP contribution in [0.25, 0.3) is 11.0 Å². The summed E-state index contributed by atoms with van der Waals surface area (Å²) in [5.41, 5.74) is -5.17. The summed E-state index contributed by atoms with van der Waals surface area (Å²) in [6, 6.07) is 7.01. The molecule has 1 aromatic carbocycles. The summed E-state index contributed by atoms with van der Waals surface area (Å²) in [4.78, 5) is 16.0. The number of fused-ring (bicyclic) bond motifs is 1. The molecule has 30 heavy (non-hydrogen) atoms. The molecule has 1 atom stereocenters. The summed E-state index contributed by atoms with van der Waals surface area (Å²) >= 11 is 0. The van der Waals surface area contributed by atoms with Crippen molar-refractivity contribution in [3.63, 3.8) is 0 Å².